The SMILES string of the molecule is CONC(=O)N(C(=N)N)c1cccc2ccccc12.Cl. The number of halogens is 1. The summed E-state index contributed by atoms with van der Waals surface area (Å²) in [5.41, 5.74) is 8.17. The smallest absolute Gasteiger partial charge is 0.352 e. The zero-order valence-electron chi connectivity index (χ0n) is 10.8. The average Bonchev–Trinajstić information content (AvgIpc) is 2.39. The summed E-state index contributed by atoms with van der Waals surface area (Å²) in [7, 11) is 1.32. The summed E-state index contributed by atoms with van der Waals surface area (Å²) in [6.45, 7) is 0. The highest BCUT2D eigenvalue weighted by atomic mass is 35.5. The number of hydrogen-bond acceptors (Lipinski definition) is 3. The number of hydrogen-bond donors (Lipinski definition) is 3. The molecule has 4 N–H and O–H groups in total. The summed E-state index contributed by atoms with van der Waals surface area (Å²) in [4.78, 5) is 17.5. The van der Waals surface area contributed by atoms with Crippen LogP contribution in [0, 0.1) is 5.41 Å². The molecule has 6 nitrogen and oxygen atoms in total. The van der Waals surface area contributed by atoms with E-state index in [0.29, 0.717) is 5.69 Å². The van der Waals surface area contributed by atoms with E-state index in [1.54, 1.807) is 12.1 Å². The van der Waals surface area contributed by atoms with Crippen molar-refractivity contribution in [1.82, 2.24) is 5.48 Å². The third kappa shape index (κ3) is 2.98. The van der Waals surface area contributed by atoms with Crippen LogP contribution < -0.4 is 16.1 Å². The standard InChI is InChI=1S/C13H14N4O2.ClH/c1-19-16-13(18)17(12(14)15)11-8-4-6-9-5-2-3-7-10(9)11;/h2-8H,1H3,(H3,14,15)(H,16,18);1H. The Morgan fingerprint density at radius 2 is 1.90 bits per heavy atom. The van der Waals surface area contributed by atoms with E-state index in [0.717, 1.165) is 15.7 Å². The molecule has 0 aliphatic carbocycles. The van der Waals surface area contributed by atoms with Crippen molar-refractivity contribution in [3.63, 3.8) is 0 Å². The Hall–Kier alpha value is -2.31. The van der Waals surface area contributed by atoms with Gasteiger partial charge in [-0.3, -0.25) is 10.2 Å². The van der Waals surface area contributed by atoms with E-state index in [1.165, 1.54) is 7.11 Å². The largest absolute Gasteiger partial charge is 0.369 e. The highest BCUT2D eigenvalue weighted by Crippen LogP contribution is 2.26. The number of nitrogens with one attached hydrogen (secondary N) is 2. The zero-order chi connectivity index (χ0) is 13.8. The van der Waals surface area contributed by atoms with Crippen molar-refractivity contribution in [1.29, 1.82) is 5.41 Å². The zero-order valence-corrected chi connectivity index (χ0v) is 11.6. The lowest BCUT2D eigenvalue weighted by atomic mass is 10.1. The lowest BCUT2D eigenvalue weighted by molar-refractivity contribution is 0.112. The Kier molecular flexibility index (Phi) is 5.31. The minimum atomic E-state index is -0.619. The first-order valence-corrected chi connectivity index (χ1v) is 5.60. The number of carbonyl (C=O) groups is 1. The van der Waals surface area contributed by atoms with Gasteiger partial charge < -0.3 is 5.73 Å². The molecule has 0 fully saturated rings. The molecule has 2 aromatic rings. The van der Waals surface area contributed by atoms with E-state index in [2.05, 4.69) is 10.3 Å². The second kappa shape index (κ2) is 6.74. The van der Waals surface area contributed by atoms with Crippen LogP contribution in [-0.4, -0.2) is 19.1 Å². The summed E-state index contributed by atoms with van der Waals surface area (Å²) >= 11 is 0. The molecule has 0 heterocycles. The molecular weight excluding hydrogens is 280 g/mol. The molecule has 2 amide bonds. The minimum Gasteiger partial charge on any atom is -0.369 e. The van der Waals surface area contributed by atoms with Crippen LogP contribution in [-0.2, 0) is 4.84 Å². The van der Waals surface area contributed by atoms with Crippen LogP contribution in [0.5, 0.6) is 0 Å². The molecule has 0 aliphatic heterocycles. The first-order valence-electron chi connectivity index (χ1n) is 5.60. The number of urea groups is 1. The van der Waals surface area contributed by atoms with Gasteiger partial charge in [-0.1, -0.05) is 36.4 Å². The van der Waals surface area contributed by atoms with Crippen molar-refractivity contribution in [2.24, 2.45) is 5.73 Å². The normalized spacial score (nSPS) is 9.65. The molecule has 0 unspecified atom stereocenters. The van der Waals surface area contributed by atoms with Gasteiger partial charge in [0, 0.05) is 5.39 Å². The fourth-order valence-corrected chi connectivity index (χ4v) is 1.88. The third-order valence-corrected chi connectivity index (χ3v) is 2.64. The summed E-state index contributed by atoms with van der Waals surface area (Å²) in [5.74, 6) is -0.383. The average molecular weight is 295 g/mol. The number of nitrogens with two attached hydrogens (primary N) is 1. The Bertz CT molecular complexity index is 627. The molecule has 2 aromatic carbocycles. The predicted octanol–water partition coefficient (Wildman–Crippen LogP) is 2.23. The van der Waals surface area contributed by atoms with Crippen LogP contribution in [0.2, 0.25) is 0 Å². The second-order valence-electron chi connectivity index (χ2n) is 3.83. The van der Waals surface area contributed by atoms with E-state index in [1.807, 2.05) is 30.3 Å². The van der Waals surface area contributed by atoms with Crippen LogP contribution >= 0.6 is 12.4 Å². The molecule has 0 spiro atoms. The van der Waals surface area contributed by atoms with Crippen molar-refractivity contribution >= 4 is 40.9 Å². The number of guanidine groups is 1. The summed E-state index contributed by atoms with van der Waals surface area (Å²) in [6, 6.07) is 12.4. The molecule has 0 aromatic heterocycles. The van der Waals surface area contributed by atoms with E-state index in [4.69, 9.17) is 11.1 Å². The number of rotatable bonds is 2. The van der Waals surface area contributed by atoms with Gasteiger partial charge in [-0.05, 0) is 11.5 Å². The molecule has 2 rings (SSSR count). The number of amides is 2. The van der Waals surface area contributed by atoms with E-state index in [9.17, 15) is 4.79 Å². The molecular formula is C13H15ClN4O2. The van der Waals surface area contributed by atoms with Crippen molar-refractivity contribution in [3.05, 3.63) is 42.5 Å². The van der Waals surface area contributed by atoms with Crippen molar-refractivity contribution in [2.45, 2.75) is 0 Å². The third-order valence-electron chi connectivity index (χ3n) is 2.64. The maximum absolute atomic E-state index is 11.9. The number of benzene rings is 2. The molecule has 0 saturated carbocycles. The Balaban J connectivity index is 0.00000200. The van der Waals surface area contributed by atoms with Crippen molar-refractivity contribution < 1.29 is 9.63 Å². The van der Waals surface area contributed by atoms with E-state index >= 15 is 0 Å². The Labute approximate surface area is 122 Å². The molecule has 7 heteroatoms. The van der Waals surface area contributed by atoms with Crippen molar-refractivity contribution in [3.8, 4) is 0 Å². The predicted molar refractivity (Wildman–Crippen MR) is 81.1 cm³/mol. The molecule has 0 bridgehead atoms. The lowest BCUT2D eigenvalue weighted by Gasteiger charge is -2.21. The topological polar surface area (TPSA) is 91.4 Å². The summed E-state index contributed by atoms with van der Waals surface area (Å²) < 4.78 is 0. The molecule has 20 heavy (non-hydrogen) atoms. The molecule has 0 radical (unpaired) electrons. The van der Waals surface area contributed by atoms with Crippen LogP contribution in [0.25, 0.3) is 10.8 Å². The van der Waals surface area contributed by atoms with Gasteiger partial charge >= 0.3 is 6.03 Å². The maximum Gasteiger partial charge on any atom is 0.352 e. The first kappa shape index (κ1) is 15.7. The van der Waals surface area contributed by atoms with Crippen LogP contribution in [0.1, 0.15) is 0 Å². The van der Waals surface area contributed by atoms with Gasteiger partial charge in [0.2, 0.25) is 5.96 Å². The Morgan fingerprint density at radius 1 is 1.25 bits per heavy atom. The summed E-state index contributed by atoms with van der Waals surface area (Å²) in [5, 5.41) is 9.34. The van der Waals surface area contributed by atoms with Gasteiger partial charge in [-0.2, -0.15) is 0 Å². The quantitative estimate of drug-likeness (QED) is 0.450. The lowest BCUT2D eigenvalue weighted by Crippen LogP contribution is -2.47. The van der Waals surface area contributed by atoms with Crippen LogP contribution in [0.3, 0.4) is 0 Å². The number of anilines is 1. The Morgan fingerprint density at radius 3 is 2.55 bits per heavy atom. The fraction of sp³-hybridized carbons (Fsp3) is 0.0769. The van der Waals surface area contributed by atoms with Crippen LogP contribution in [0.15, 0.2) is 42.5 Å². The number of nitrogens with zero attached hydrogens (tertiary/aromatic N) is 1. The van der Waals surface area contributed by atoms with Gasteiger partial charge in [0.05, 0.1) is 12.8 Å². The van der Waals surface area contributed by atoms with Gasteiger partial charge in [-0.25, -0.2) is 15.2 Å². The van der Waals surface area contributed by atoms with Gasteiger partial charge in [0.1, 0.15) is 0 Å². The van der Waals surface area contributed by atoms with Gasteiger partial charge in [-0.15, -0.1) is 12.4 Å². The second-order valence-corrected chi connectivity index (χ2v) is 3.83. The number of carbonyl (C=O) groups excluding carboxylic acids is 1. The van der Waals surface area contributed by atoms with Gasteiger partial charge in [0.15, 0.2) is 0 Å². The van der Waals surface area contributed by atoms with E-state index in [-0.39, 0.29) is 18.4 Å². The van der Waals surface area contributed by atoms with Crippen LogP contribution in [0.4, 0.5) is 10.5 Å². The minimum absolute atomic E-state index is 0. The highest BCUT2D eigenvalue weighted by Gasteiger charge is 2.20. The highest BCUT2D eigenvalue weighted by molar-refractivity contribution is 6.17. The number of fused-ring (bicyclic) bond motifs is 1. The monoisotopic (exact) mass is 294 g/mol. The summed E-state index contributed by atoms with van der Waals surface area (Å²) in [6.07, 6.45) is 0. The number of hydroxylamine groups is 1. The van der Waals surface area contributed by atoms with Crippen molar-refractivity contribution in [2.75, 3.05) is 12.0 Å². The fourth-order valence-electron chi connectivity index (χ4n) is 1.88. The van der Waals surface area contributed by atoms with Gasteiger partial charge in [0.25, 0.3) is 0 Å². The van der Waals surface area contributed by atoms with E-state index < -0.39 is 6.03 Å². The molecule has 0 aliphatic rings. The maximum atomic E-state index is 11.9. The molecule has 0 atom stereocenters. The molecule has 0 saturated heterocycles. The molecule has 106 valence electrons. The first-order chi connectivity index (χ1) is 9.15.